The minimum absolute atomic E-state index is 0.0279. The highest BCUT2D eigenvalue weighted by atomic mass is 32.2. The zero-order valence-electron chi connectivity index (χ0n) is 13.7. The van der Waals surface area contributed by atoms with Crippen LogP contribution in [0.5, 0.6) is 0 Å². The van der Waals surface area contributed by atoms with Crippen molar-refractivity contribution in [3.63, 3.8) is 0 Å². The summed E-state index contributed by atoms with van der Waals surface area (Å²) in [6.07, 6.45) is 6.98. The maximum atomic E-state index is 12.3. The van der Waals surface area contributed by atoms with Crippen molar-refractivity contribution in [2.45, 2.75) is 49.8 Å². The maximum absolute atomic E-state index is 12.3. The number of nitrogens with zero attached hydrogens (tertiary/aromatic N) is 1. The number of amides is 1. The summed E-state index contributed by atoms with van der Waals surface area (Å²) in [5.74, 6) is 0.776. The molecule has 3 aliphatic rings. The Morgan fingerprint density at radius 1 is 1.17 bits per heavy atom. The Labute approximate surface area is 138 Å². The van der Waals surface area contributed by atoms with Gasteiger partial charge in [0.15, 0.2) is 9.84 Å². The summed E-state index contributed by atoms with van der Waals surface area (Å²) in [4.78, 5) is 14.3. The SMILES string of the molecule is O=C(CN1CCS(=O)(=O)[C@H]2COCC[C@H]21)NCC1CCCCC1. The minimum atomic E-state index is -3.08. The Morgan fingerprint density at radius 3 is 2.74 bits per heavy atom. The Bertz CT molecular complexity index is 516. The molecule has 1 aliphatic carbocycles. The zero-order valence-corrected chi connectivity index (χ0v) is 14.5. The fourth-order valence-corrected chi connectivity index (χ4v) is 5.99. The highest BCUT2D eigenvalue weighted by Crippen LogP contribution is 2.26. The summed E-state index contributed by atoms with van der Waals surface area (Å²) in [6, 6.07) is -0.0667. The van der Waals surface area contributed by atoms with E-state index >= 15 is 0 Å². The molecule has 0 aromatic rings. The summed E-state index contributed by atoms with van der Waals surface area (Å²) in [5.41, 5.74) is 0. The Kier molecular flexibility index (Phi) is 5.59. The van der Waals surface area contributed by atoms with Gasteiger partial charge < -0.3 is 10.1 Å². The van der Waals surface area contributed by atoms with Crippen LogP contribution < -0.4 is 5.32 Å². The molecule has 2 heterocycles. The van der Waals surface area contributed by atoms with E-state index in [0.717, 1.165) is 6.54 Å². The van der Waals surface area contributed by atoms with Crippen LogP contribution >= 0.6 is 0 Å². The van der Waals surface area contributed by atoms with Gasteiger partial charge in [0.05, 0.1) is 18.9 Å². The number of rotatable bonds is 4. The third-order valence-electron chi connectivity index (χ3n) is 5.52. The lowest BCUT2D eigenvalue weighted by atomic mass is 9.89. The molecule has 7 heteroatoms. The molecule has 3 fully saturated rings. The molecule has 2 aliphatic heterocycles. The van der Waals surface area contributed by atoms with Crippen LogP contribution in [0, 0.1) is 5.92 Å². The van der Waals surface area contributed by atoms with E-state index < -0.39 is 15.1 Å². The quantitative estimate of drug-likeness (QED) is 0.807. The molecule has 1 saturated carbocycles. The molecule has 6 nitrogen and oxygen atoms in total. The second kappa shape index (κ2) is 7.49. The van der Waals surface area contributed by atoms with Gasteiger partial charge in [0, 0.05) is 25.7 Å². The van der Waals surface area contributed by atoms with Crippen molar-refractivity contribution in [2.24, 2.45) is 5.92 Å². The van der Waals surface area contributed by atoms with Gasteiger partial charge in [-0.05, 0) is 25.2 Å². The number of carbonyl (C=O) groups is 1. The molecular weight excluding hydrogens is 316 g/mol. The number of hydrogen-bond donors (Lipinski definition) is 1. The van der Waals surface area contributed by atoms with Crippen LogP contribution in [0.1, 0.15) is 38.5 Å². The molecule has 2 atom stereocenters. The summed E-state index contributed by atoms with van der Waals surface area (Å²) in [6.45, 7) is 2.38. The van der Waals surface area contributed by atoms with Crippen LogP contribution in [0.15, 0.2) is 0 Å². The average Bonchev–Trinajstić information content (AvgIpc) is 2.57. The normalized spacial score (nSPS) is 32.2. The summed E-state index contributed by atoms with van der Waals surface area (Å²) in [7, 11) is -3.08. The molecule has 2 saturated heterocycles. The molecular formula is C16H28N2O4S. The Hall–Kier alpha value is -0.660. The molecule has 23 heavy (non-hydrogen) atoms. The molecule has 0 bridgehead atoms. The van der Waals surface area contributed by atoms with Crippen molar-refractivity contribution in [1.29, 1.82) is 0 Å². The zero-order chi connectivity index (χ0) is 16.3. The molecule has 0 unspecified atom stereocenters. The predicted octanol–water partition coefficient (Wildman–Crippen LogP) is 0.571. The average molecular weight is 344 g/mol. The monoisotopic (exact) mass is 344 g/mol. The molecule has 0 spiro atoms. The van der Waals surface area contributed by atoms with E-state index in [2.05, 4.69) is 5.32 Å². The van der Waals surface area contributed by atoms with Gasteiger partial charge in [-0.3, -0.25) is 9.69 Å². The minimum Gasteiger partial charge on any atom is -0.380 e. The predicted molar refractivity (Wildman–Crippen MR) is 88.0 cm³/mol. The van der Waals surface area contributed by atoms with E-state index in [1.807, 2.05) is 4.90 Å². The lowest BCUT2D eigenvalue weighted by molar-refractivity contribution is -0.123. The first kappa shape index (κ1) is 17.2. The lowest BCUT2D eigenvalue weighted by Gasteiger charge is -2.42. The van der Waals surface area contributed by atoms with Crippen LogP contribution in [0.2, 0.25) is 0 Å². The molecule has 1 amide bonds. The van der Waals surface area contributed by atoms with Gasteiger partial charge in [-0.2, -0.15) is 0 Å². The van der Waals surface area contributed by atoms with Gasteiger partial charge >= 0.3 is 0 Å². The van der Waals surface area contributed by atoms with Crippen molar-refractivity contribution in [1.82, 2.24) is 10.2 Å². The first-order chi connectivity index (χ1) is 11.1. The van der Waals surface area contributed by atoms with Crippen molar-refractivity contribution >= 4 is 15.7 Å². The summed E-state index contributed by atoms with van der Waals surface area (Å²) < 4.78 is 29.7. The lowest BCUT2D eigenvalue weighted by Crippen LogP contribution is -2.60. The van der Waals surface area contributed by atoms with Crippen molar-refractivity contribution < 1.29 is 17.9 Å². The standard InChI is InChI=1S/C16H28N2O4S/c19-16(17-10-13-4-2-1-3-5-13)11-18-7-9-23(20,21)15-12-22-8-6-14(15)18/h13-15H,1-12H2,(H,17,19)/t14-,15+/m1/s1. The summed E-state index contributed by atoms with van der Waals surface area (Å²) in [5, 5.41) is 2.59. The van der Waals surface area contributed by atoms with Gasteiger partial charge in [0.2, 0.25) is 5.91 Å². The topological polar surface area (TPSA) is 75.7 Å². The number of fused-ring (bicyclic) bond motifs is 1. The maximum Gasteiger partial charge on any atom is 0.234 e. The van der Waals surface area contributed by atoms with Crippen LogP contribution in [0.25, 0.3) is 0 Å². The largest absolute Gasteiger partial charge is 0.380 e. The summed E-state index contributed by atoms with van der Waals surface area (Å²) >= 11 is 0. The third kappa shape index (κ3) is 4.25. The smallest absolute Gasteiger partial charge is 0.234 e. The first-order valence-corrected chi connectivity index (χ1v) is 10.6. The Morgan fingerprint density at radius 2 is 1.96 bits per heavy atom. The van der Waals surface area contributed by atoms with E-state index in [1.165, 1.54) is 32.1 Å². The van der Waals surface area contributed by atoms with Crippen molar-refractivity contribution in [3.8, 4) is 0 Å². The molecule has 1 N–H and O–H groups in total. The van der Waals surface area contributed by atoms with Crippen LogP contribution in [-0.2, 0) is 19.4 Å². The fraction of sp³-hybridized carbons (Fsp3) is 0.938. The number of carbonyl (C=O) groups excluding carboxylic acids is 1. The molecule has 0 aromatic carbocycles. The second-order valence-electron chi connectivity index (χ2n) is 7.11. The van der Waals surface area contributed by atoms with Gasteiger partial charge in [-0.25, -0.2) is 8.42 Å². The van der Waals surface area contributed by atoms with E-state index in [4.69, 9.17) is 4.74 Å². The fourth-order valence-electron chi connectivity index (χ4n) is 4.11. The van der Waals surface area contributed by atoms with Crippen LogP contribution in [-0.4, -0.2) is 69.1 Å². The van der Waals surface area contributed by atoms with Gasteiger partial charge in [-0.15, -0.1) is 0 Å². The van der Waals surface area contributed by atoms with E-state index in [0.29, 0.717) is 32.0 Å². The van der Waals surface area contributed by atoms with Crippen LogP contribution in [0.3, 0.4) is 0 Å². The van der Waals surface area contributed by atoms with Crippen molar-refractivity contribution in [2.75, 3.05) is 38.6 Å². The molecule has 0 aromatic heterocycles. The van der Waals surface area contributed by atoms with E-state index in [1.54, 1.807) is 0 Å². The first-order valence-electron chi connectivity index (χ1n) is 8.86. The highest BCUT2D eigenvalue weighted by molar-refractivity contribution is 7.92. The third-order valence-corrected chi connectivity index (χ3v) is 7.65. The Balaban J connectivity index is 1.51. The number of ether oxygens (including phenoxy) is 1. The number of sulfone groups is 1. The van der Waals surface area contributed by atoms with Crippen molar-refractivity contribution in [3.05, 3.63) is 0 Å². The number of nitrogens with one attached hydrogen (secondary N) is 1. The highest BCUT2D eigenvalue weighted by Gasteiger charge is 2.43. The van der Waals surface area contributed by atoms with Gasteiger partial charge in [0.25, 0.3) is 0 Å². The molecule has 132 valence electrons. The number of hydrogen-bond acceptors (Lipinski definition) is 5. The molecule has 3 rings (SSSR count). The van der Waals surface area contributed by atoms with Crippen LogP contribution in [0.4, 0.5) is 0 Å². The van der Waals surface area contributed by atoms with Gasteiger partial charge in [-0.1, -0.05) is 19.3 Å². The second-order valence-corrected chi connectivity index (χ2v) is 9.45. The molecule has 0 radical (unpaired) electrons. The van der Waals surface area contributed by atoms with Gasteiger partial charge in [0.1, 0.15) is 5.25 Å². The van der Waals surface area contributed by atoms with E-state index in [9.17, 15) is 13.2 Å². The van der Waals surface area contributed by atoms with E-state index in [-0.39, 0.29) is 24.3 Å².